The third kappa shape index (κ3) is 2.57. The van der Waals surface area contributed by atoms with Gasteiger partial charge in [-0.3, -0.25) is 4.79 Å². The zero-order chi connectivity index (χ0) is 10.7. The first-order valence-corrected chi connectivity index (χ1v) is 6.49. The summed E-state index contributed by atoms with van der Waals surface area (Å²) < 4.78 is 1.23. The summed E-state index contributed by atoms with van der Waals surface area (Å²) in [5.74, 6) is 0.154. The highest BCUT2D eigenvalue weighted by atomic mass is 127. The van der Waals surface area contributed by atoms with E-state index >= 15 is 0 Å². The summed E-state index contributed by atoms with van der Waals surface area (Å²) in [6.45, 7) is 3.72. The first-order chi connectivity index (χ1) is 6.57. The van der Waals surface area contributed by atoms with Crippen LogP contribution < -0.4 is 0 Å². The number of carbonyl (C=O) groups is 1. The van der Waals surface area contributed by atoms with E-state index < -0.39 is 0 Å². The average molecular weight is 367 g/mol. The lowest BCUT2D eigenvalue weighted by molar-refractivity contribution is -0.116. The summed E-state index contributed by atoms with van der Waals surface area (Å²) in [4.78, 5) is 11.1. The molecule has 0 amide bonds. The van der Waals surface area contributed by atoms with Crippen LogP contribution in [0.1, 0.15) is 29.8 Å². The van der Waals surface area contributed by atoms with Crippen LogP contribution in [0, 0.1) is 3.57 Å². The molecule has 0 aromatic heterocycles. The second-order valence-corrected chi connectivity index (χ2v) is 5.21. The van der Waals surface area contributed by atoms with Gasteiger partial charge in [0.25, 0.3) is 0 Å². The van der Waals surface area contributed by atoms with Gasteiger partial charge in [-0.05, 0) is 53.1 Å². The summed E-state index contributed by atoms with van der Waals surface area (Å²) in [6, 6.07) is 6.08. The number of halogens is 2. The number of hydrogen-bond donors (Lipinski definition) is 0. The number of rotatable bonds is 3. The van der Waals surface area contributed by atoms with Gasteiger partial charge in [0.15, 0.2) is 0 Å². The van der Waals surface area contributed by atoms with Crippen LogP contribution in [0.3, 0.4) is 0 Å². The maximum atomic E-state index is 11.3. The topological polar surface area (TPSA) is 17.1 Å². The van der Waals surface area contributed by atoms with Crippen molar-refractivity contribution in [2.45, 2.75) is 25.1 Å². The smallest absolute Gasteiger partial charge is 0.147 e. The van der Waals surface area contributed by atoms with E-state index in [1.807, 2.05) is 12.1 Å². The molecule has 0 N–H and O–H groups in total. The molecule has 0 aliphatic rings. The Morgan fingerprint density at radius 2 is 2.21 bits per heavy atom. The molecule has 14 heavy (non-hydrogen) atoms. The van der Waals surface area contributed by atoms with Crippen LogP contribution in [0.4, 0.5) is 0 Å². The minimum atomic E-state index is -0.160. The van der Waals surface area contributed by atoms with E-state index in [1.54, 1.807) is 6.92 Å². The van der Waals surface area contributed by atoms with E-state index in [4.69, 9.17) is 0 Å². The van der Waals surface area contributed by atoms with Crippen LogP contribution in [0.25, 0.3) is 0 Å². The minimum Gasteiger partial charge on any atom is -0.298 e. The van der Waals surface area contributed by atoms with Crippen molar-refractivity contribution >= 4 is 44.3 Å². The molecular formula is C11H12BrIO. The molecule has 0 saturated carbocycles. The predicted octanol–water partition coefficient (Wildman–Crippen LogP) is 3.88. The third-order valence-electron chi connectivity index (χ3n) is 2.14. The van der Waals surface area contributed by atoms with E-state index in [9.17, 15) is 4.79 Å². The van der Waals surface area contributed by atoms with Gasteiger partial charge in [0, 0.05) is 3.57 Å². The lowest BCUT2D eigenvalue weighted by atomic mass is 10.0. The number of benzene rings is 1. The molecule has 0 saturated heterocycles. The molecule has 0 fully saturated rings. The van der Waals surface area contributed by atoms with Crippen LogP contribution in [0.5, 0.6) is 0 Å². The fraction of sp³-hybridized carbons (Fsp3) is 0.364. The Labute approximate surface area is 107 Å². The zero-order valence-corrected chi connectivity index (χ0v) is 11.9. The Balaban J connectivity index is 3.20. The highest BCUT2D eigenvalue weighted by Gasteiger charge is 2.16. The van der Waals surface area contributed by atoms with Crippen LogP contribution in [0.2, 0.25) is 0 Å². The lowest BCUT2D eigenvalue weighted by Gasteiger charge is -2.13. The van der Waals surface area contributed by atoms with E-state index in [1.165, 1.54) is 9.13 Å². The molecule has 0 bridgehead atoms. The fourth-order valence-corrected chi connectivity index (χ4v) is 2.73. The maximum Gasteiger partial charge on any atom is 0.147 e. The molecule has 0 spiro atoms. The van der Waals surface area contributed by atoms with Gasteiger partial charge in [-0.1, -0.05) is 35.0 Å². The van der Waals surface area contributed by atoms with Crippen molar-refractivity contribution in [2.24, 2.45) is 0 Å². The molecule has 0 aliphatic carbocycles. The van der Waals surface area contributed by atoms with Gasteiger partial charge < -0.3 is 0 Å². The standard InChI is InChI=1S/C11H12BrIO/c1-3-8-9(11(12)7(2)14)5-4-6-10(8)13/h4-6,11H,3H2,1-2H3. The monoisotopic (exact) mass is 366 g/mol. The summed E-state index contributed by atoms with van der Waals surface area (Å²) in [6.07, 6.45) is 0.962. The molecule has 1 rings (SSSR count). The molecule has 1 atom stereocenters. The van der Waals surface area contributed by atoms with Crippen molar-refractivity contribution in [3.8, 4) is 0 Å². The van der Waals surface area contributed by atoms with Gasteiger partial charge >= 0.3 is 0 Å². The maximum absolute atomic E-state index is 11.3. The van der Waals surface area contributed by atoms with Gasteiger partial charge in [-0.2, -0.15) is 0 Å². The number of alkyl halides is 1. The van der Waals surface area contributed by atoms with Gasteiger partial charge in [0.2, 0.25) is 0 Å². The highest BCUT2D eigenvalue weighted by molar-refractivity contribution is 14.1. The number of ketones is 1. The zero-order valence-electron chi connectivity index (χ0n) is 8.18. The first-order valence-electron chi connectivity index (χ1n) is 4.49. The number of carbonyl (C=O) groups excluding carboxylic acids is 1. The molecular weight excluding hydrogens is 355 g/mol. The van der Waals surface area contributed by atoms with Gasteiger partial charge in [0.1, 0.15) is 5.78 Å². The molecule has 3 heteroatoms. The SMILES string of the molecule is CCc1c(I)cccc1C(Br)C(C)=O. The Hall–Kier alpha value is 0.1000. The lowest BCUT2D eigenvalue weighted by Crippen LogP contribution is -2.05. The van der Waals surface area contributed by atoms with Crippen molar-refractivity contribution in [1.82, 2.24) is 0 Å². The summed E-state index contributed by atoms with van der Waals surface area (Å²) in [5, 5.41) is 0. The van der Waals surface area contributed by atoms with Gasteiger partial charge in [-0.15, -0.1) is 0 Å². The van der Waals surface area contributed by atoms with Crippen molar-refractivity contribution in [1.29, 1.82) is 0 Å². The Morgan fingerprint density at radius 3 is 2.71 bits per heavy atom. The Bertz CT molecular complexity index is 349. The van der Waals surface area contributed by atoms with Gasteiger partial charge in [0.05, 0.1) is 4.83 Å². The molecule has 1 unspecified atom stereocenters. The second-order valence-electron chi connectivity index (χ2n) is 3.13. The molecule has 0 heterocycles. The third-order valence-corrected chi connectivity index (χ3v) is 4.29. The Morgan fingerprint density at radius 1 is 1.57 bits per heavy atom. The van der Waals surface area contributed by atoms with Crippen LogP contribution in [0.15, 0.2) is 18.2 Å². The largest absolute Gasteiger partial charge is 0.298 e. The molecule has 0 radical (unpaired) electrons. The molecule has 76 valence electrons. The highest BCUT2D eigenvalue weighted by Crippen LogP contribution is 2.29. The second kappa shape index (κ2) is 5.26. The van der Waals surface area contributed by atoms with E-state index in [0.29, 0.717) is 0 Å². The quantitative estimate of drug-likeness (QED) is 0.586. The van der Waals surface area contributed by atoms with Crippen LogP contribution in [-0.2, 0) is 11.2 Å². The van der Waals surface area contributed by atoms with E-state index in [2.05, 4.69) is 51.5 Å². The molecule has 0 aliphatic heterocycles. The molecule has 1 aromatic carbocycles. The first kappa shape index (κ1) is 12.2. The molecule has 1 aromatic rings. The summed E-state index contributed by atoms with van der Waals surface area (Å²) in [5.41, 5.74) is 2.37. The van der Waals surface area contributed by atoms with Crippen molar-refractivity contribution in [2.75, 3.05) is 0 Å². The van der Waals surface area contributed by atoms with Crippen molar-refractivity contribution < 1.29 is 4.79 Å². The van der Waals surface area contributed by atoms with Crippen molar-refractivity contribution in [3.63, 3.8) is 0 Å². The average Bonchev–Trinajstić information content (AvgIpc) is 2.16. The van der Waals surface area contributed by atoms with Crippen molar-refractivity contribution in [3.05, 3.63) is 32.9 Å². The predicted molar refractivity (Wildman–Crippen MR) is 70.9 cm³/mol. The van der Waals surface area contributed by atoms with E-state index in [0.717, 1.165) is 12.0 Å². The number of hydrogen-bond acceptors (Lipinski definition) is 1. The fourth-order valence-electron chi connectivity index (χ4n) is 1.40. The molecule has 1 nitrogen and oxygen atoms in total. The number of Topliss-reactive ketones (excluding diaryl/α,β-unsaturated/α-hetero) is 1. The van der Waals surface area contributed by atoms with Crippen LogP contribution in [-0.4, -0.2) is 5.78 Å². The minimum absolute atomic E-state index is 0.154. The van der Waals surface area contributed by atoms with Crippen LogP contribution >= 0.6 is 38.5 Å². The Kier molecular flexibility index (Phi) is 4.57. The normalized spacial score (nSPS) is 12.6. The van der Waals surface area contributed by atoms with Gasteiger partial charge in [-0.25, -0.2) is 0 Å². The summed E-state index contributed by atoms with van der Waals surface area (Å²) >= 11 is 5.73. The van der Waals surface area contributed by atoms with E-state index in [-0.39, 0.29) is 10.6 Å². The summed E-state index contributed by atoms with van der Waals surface area (Å²) in [7, 11) is 0.